The highest BCUT2D eigenvalue weighted by Gasteiger charge is 2.21. The fourth-order valence-corrected chi connectivity index (χ4v) is 2.88. The minimum Gasteiger partial charge on any atom is -0.348 e. The zero-order valence-electron chi connectivity index (χ0n) is 10.5. The summed E-state index contributed by atoms with van der Waals surface area (Å²) in [7, 11) is 0. The maximum absolute atomic E-state index is 11.9. The number of carbonyl (C=O) groups excluding carboxylic acids is 1. The highest BCUT2D eigenvalue weighted by atomic mass is 32.1. The van der Waals surface area contributed by atoms with Crippen LogP contribution in [0.15, 0.2) is 0 Å². The number of hydrogen-bond donors (Lipinski definition) is 0. The lowest BCUT2D eigenvalue weighted by Gasteiger charge is -2.30. The summed E-state index contributed by atoms with van der Waals surface area (Å²) in [6.45, 7) is 2.68. The van der Waals surface area contributed by atoms with Gasteiger partial charge in [0.15, 0.2) is 0 Å². The van der Waals surface area contributed by atoms with Gasteiger partial charge in [0.25, 0.3) is 0 Å². The first-order valence-corrected chi connectivity index (χ1v) is 7.24. The molecule has 0 aromatic carbocycles. The zero-order valence-corrected chi connectivity index (χ0v) is 11.3. The van der Waals surface area contributed by atoms with Crippen molar-refractivity contribution >= 4 is 23.1 Å². The fourth-order valence-electron chi connectivity index (χ4n) is 2.58. The van der Waals surface area contributed by atoms with Gasteiger partial charge in [0.2, 0.25) is 5.91 Å². The minimum atomic E-state index is 0.314. The second-order valence-electron chi connectivity index (χ2n) is 5.08. The van der Waals surface area contributed by atoms with E-state index in [1.807, 2.05) is 4.90 Å². The summed E-state index contributed by atoms with van der Waals surface area (Å²) in [5, 5.41) is 0. The lowest BCUT2D eigenvalue weighted by molar-refractivity contribution is -0.132. The molecule has 0 atom stereocenters. The lowest BCUT2D eigenvalue weighted by atomic mass is 10.2. The Kier molecular flexibility index (Phi) is 4.77. The summed E-state index contributed by atoms with van der Waals surface area (Å²) in [6.07, 6.45) is 8.83. The van der Waals surface area contributed by atoms with Crippen LogP contribution < -0.4 is 0 Å². The molecule has 2 fully saturated rings. The molecule has 0 spiro atoms. The number of hydrogen-bond acceptors (Lipinski definition) is 2. The molecular weight excluding hydrogens is 232 g/mol. The van der Waals surface area contributed by atoms with Crippen LogP contribution in [0.4, 0.5) is 0 Å². The average Bonchev–Trinajstić information content (AvgIpc) is 2.63. The van der Waals surface area contributed by atoms with Gasteiger partial charge in [-0.1, -0.05) is 25.1 Å². The molecule has 0 aromatic heterocycles. The van der Waals surface area contributed by atoms with Gasteiger partial charge in [-0.3, -0.25) is 4.79 Å². The van der Waals surface area contributed by atoms with Crippen molar-refractivity contribution in [3.63, 3.8) is 0 Å². The molecule has 0 unspecified atom stereocenters. The monoisotopic (exact) mass is 254 g/mol. The third-order valence-electron chi connectivity index (χ3n) is 3.68. The lowest BCUT2D eigenvalue weighted by Crippen LogP contribution is -2.43. The number of rotatable bonds is 2. The molecule has 2 aliphatic rings. The molecule has 0 radical (unpaired) electrons. The summed E-state index contributed by atoms with van der Waals surface area (Å²) in [5.41, 5.74) is 0. The van der Waals surface area contributed by atoms with Crippen LogP contribution in [0.1, 0.15) is 51.4 Å². The Labute approximate surface area is 109 Å². The van der Waals surface area contributed by atoms with Gasteiger partial charge < -0.3 is 9.80 Å². The van der Waals surface area contributed by atoms with Gasteiger partial charge >= 0.3 is 0 Å². The third-order valence-corrected chi connectivity index (χ3v) is 4.15. The molecule has 0 aliphatic carbocycles. The van der Waals surface area contributed by atoms with Gasteiger partial charge in [0.05, 0.1) is 11.7 Å². The molecule has 96 valence electrons. The largest absolute Gasteiger partial charge is 0.348 e. The molecule has 0 saturated carbocycles. The predicted octanol–water partition coefficient (Wildman–Crippen LogP) is 2.55. The Bertz CT molecular complexity index is 265. The molecule has 17 heavy (non-hydrogen) atoms. The van der Waals surface area contributed by atoms with Crippen molar-refractivity contribution < 1.29 is 4.79 Å². The molecule has 3 nitrogen and oxygen atoms in total. The molecule has 2 saturated heterocycles. The van der Waals surface area contributed by atoms with Crippen LogP contribution >= 0.6 is 12.2 Å². The van der Waals surface area contributed by atoms with E-state index in [1.54, 1.807) is 0 Å². The normalized spacial score (nSPS) is 23.5. The number of likely N-dealkylation sites (tertiary alicyclic amines) is 2. The van der Waals surface area contributed by atoms with Crippen molar-refractivity contribution in [2.45, 2.75) is 51.4 Å². The van der Waals surface area contributed by atoms with Crippen LogP contribution in [0.25, 0.3) is 0 Å². The van der Waals surface area contributed by atoms with Gasteiger partial charge in [-0.15, -0.1) is 0 Å². The van der Waals surface area contributed by atoms with Crippen molar-refractivity contribution in [1.82, 2.24) is 9.80 Å². The first kappa shape index (κ1) is 12.8. The second-order valence-corrected chi connectivity index (χ2v) is 5.55. The van der Waals surface area contributed by atoms with Crippen LogP contribution in [0, 0.1) is 0 Å². The summed E-state index contributed by atoms with van der Waals surface area (Å²) in [6, 6.07) is 0. The molecule has 2 aliphatic heterocycles. The molecule has 4 heteroatoms. The highest BCUT2D eigenvalue weighted by molar-refractivity contribution is 7.80. The van der Waals surface area contributed by atoms with E-state index in [0.717, 1.165) is 50.4 Å². The zero-order chi connectivity index (χ0) is 12.1. The Balaban J connectivity index is 1.92. The quantitative estimate of drug-likeness (QED) is 0.708. The smallest absolute Gasteiger partial charge is 0.223 e. The second kappa shape index (κ2) is 6.34. The number of carbonyl (C=O) groups is 1. The van der Waals surface area contributed by atoms with Crippen molar-refractivity contribution in [3.05, 3.63) is 0 Å². The van der Waals surface area contributed by atoms with Gasteiger partial charge in [-0.05, 0) is 32.1 Å². The van der Waals surface area contributed by atoms with E-state index in [0.29, 0.717) is 5.91 Å². The van der Waals surface area contributed by atoms with Gasteiger partial charge in [0, 0.05) is 19.5 Å². The van der Waals surface area contributed by atoms with Crippen molar-refractivity contribution in [2.24, 2.45) is 0 Å². The molecule has 2 rings (SSSR count). The Hall–Kier alpha value is -0.640. The molecule has 0 N–H and O–H groups in total. The maximum atomic E-state index is 11.9. The standard InChI is InChI=1S/C13H22N2OS/c16-12-7-3-1-5-9-14(12)11-15-10-6-2-4-8-13(15)17/h1-11H2. The van der Waals surface area contributed by atoms with Crippen molar-refractivity contribution in [3.8, 4) is 0 Å². The van der Waals surface area contributed by atoms with E-state index in [-0.39, 0.29) is 0 Å². The number of thiocarbonyl (C=S) groups is 1. The number of amides is 1. The summed E-state index contributed by atoms with van der Waals surface area (Å²) in [4.78, 5) is 17.2. The Morgan fingerprint density at radius 1 is 0.882 bits per heavy atom. The van der Waals surface area contributed by atoms with E-state index in [2.05, 4.69) is 4.90 Å². The van der Waals surface area contributed by atoms with Gasteiger partial charge in [-0.25, -0.2) is 0 Å². The van der Waals surface area contributed by atoms with E-state index >= 15 is 0 Å². The average molecular weight is 254 g/mol. The predicted molar refractivity (Wildman–Crippen MR) is 72.8 cm³/mol. The Morgan fingerprint density at radius 3 is 2.29 bits per heavy atom. The topological polar surface area (TPSA) is 23.6 Å². The summed E-state index contributed by atoms with van der Waals surface area (Å²) >= 11 is 5.44. The van der Waals surface area contributed by atoms with Crippen molar-refractivity contribution in [1.29, 1.82) is 0 Å². The molecule has 0 aromatic rings. The summed E-state index contributed by atoms with van der Waals surface area (Å²) < 4.78 is 0. The molecular formula is C13H22N2OS. The van der Waals surface area contributed by atoms with E-state index < -0.39 is 0 Å². The van der Waals surface area contributed by atoms with Crippen LogP contribution in [-0.4, -0.2) is 40.5 Å². The van der Waals surface area contributed by atoms with Crippen LogP contribution in [0.3, 0.4) is 0 Å². The van der Waals surface area contributed by atoms with Gasteiger partial charge in [0.1, 0.15) is 0 Å². The molecule has 1 amide bonds. The first-order valence-electron chi connectivity index (χ1n) is 6.83. The van der Waals surface area contributed by atoms with Crippen molar-refractivity contribution in [2.75, 3.05) is 19.8 Å². The van der Waals surface area contributed by atoms with Crippen LogP contribution in [0.5, 0.6) is 0 Å². The van der Waals surface area contributed by atoms with Gasteiger partial charge in [-0.2, -0.15) is 0 Å². The minimum absolute atomic E-state index is 0.314. The summed E-state index contributed by atoms with van der Waals surface area (Å²) in [5.74, 6) is 0.314. The maximum Gasteiger partial charge on any atom is 0.223 e. The third kappa shape index (κ3) is 3.66. The first-order chi connectivity index (χ1) is 8.27. The van der Waals surface area contributed by atoms with Crippen LogP contribution in [0.2, 0.25) is 0 Å². The van der Waals surface area contributed by atoms with E-state index in [1.165, 1.54) is 25.7 Å². The Morgan fingerprint density at radius 2 is 1.53 bits per heavy atom. The highest BCUT2D eigenvalue weighted by Crippen LogP contribution is 2.16. The van der Waals surface area contributed by atoms with Crippen LogP contribution in [-0.2, 0) is 4.79 Å². The number of nitrogens with zero attached hydrogens (tertiary/aromatic N) is 2. The fraction of sp³-hybridized carbons (Fsp3) is 0.846. The SMILES string of the molecule is O=C1CCCCCN1CN1CCCCCC1=S. The van der Waals surface area contributed by atoms with E-state index in [4.69, 9.17) is 12.2 Å². The molecule has 2 heterocycles. The van der Waals surface area contributed by atoms with E-state index in [9.17, 15) is 4.79 Å². The molecule has 0 bridgehead atoms.